The summed E-state index contributed by atoms with van der Waals surface area (Å²) in [5, 5.41) is 2.64. The molecule has 1 heterocycles. The number of halogens is 1. The van der Waals surface area contributed by atoms with Crippen LogP contribution in [0.2, 0.25) is 5.02 Å². The van der Waals surface area contributed by atoms with E-state index in [1.54, 1.807) is 13.0 Å². The largest absolute Gasteiger partial charge is 0.490 e. The number of ether oxygens (including phenoxy) is 3. The molecule has 1 aliphatic heterocycles. The molecule has 0 bridgehead atoms. The number of nitrogens with zero attached hydrogens (tertiary/aromatic N) is 1. The number of hydrogen-bond donors (Lipinski definition) is 1. The Hall–Kier alpha value is -2.74. The summed E-state index contributed by atoms with van der Waals surface area (Å²) in [5.41, 5.74) is 0.645. The van der Waals surface area contributed by atoms with Gasteiger partial charge in [0.05, 0.1) is 18.7 Å². The second-order valence-corrected chi connectivity index (χ2v) is 5.39. The predicted octanol–water partition coefficient (Wildman–Crippen LogP) is 1.81. The molecule has 0 radical (unpaired) electrons. The van der Waals surface area contributed by atoms with Crippen LogP contribution in [0.3, 0.4) is 0 Å². The molecule has 0 atom stereocenters. The summed E-state index contributed by atoms with van der Waals surface area (Å²) < 4.78 is 15.4. The number of rotatable bonds is 6. The first-order valence-electron chi connectivity index (χ1n) is 7.34. The lowest BCUT2D eigenvalue weighted by molar-refractivity contribution is -0.142. The van der Waals surface area contributed by atoms with Gasteiger partial charge in [-0.1, -0.05) is 11.6 Å². The summed E-state index contributed by atoms with van der Waals surface area (Å²) in [6.07, 6.45) is 1.47. The minimum atomic E-state index is -0.563. The van der Waals surface area contributed by atoms with Gasteiger partial charge in [-0.25, -0.2) is 9.59 Å². The Morgan fingerprint density at radius 2 is 2.04 bits per heavy atom. The second kappa shape index (κ2) is 7.89. The molecule has 0 spiro atoms. The van der Waals surface area contributed by atoms with E-state index in [9.17, 15) is 14.4 Å². The Bertz CT molecular complexity index is 746. The molecule has 2 rings (SSSR count). The second-order valence-electron chi connectivity index (χ2n) is 4.98. The minimum absolute atomic E-state index is 0.120. The molecule has 1 aliphatic rings. The van der Waals surface area contributed by atoms with Crippen LogP contribution in [0.25, 0.3) is 6.08 Å². The molecular formula is C16H17ClN2O6. The van der Waals surface area contributed by atoms with E-state index in [4.69, 9.17) is 21.1 Å². The Labute approximate surface area is 149 Å². The normalized spacial score (nSPS) is 15.4. The standard InChI is InChI=1S/C16H17ClN2O6/c1-4-24-12-7-9(6-11-15(21)19(2)16(22)18-11)5-10(17)14(12)25-8-13(20)23-3/h5-7H,4,8H2,1-3H3,(H,18,22)/b11-6+. The molecule has 1 aromatic rings. The van der Waals surface area contributed by atoms with Gasteiger partial charge in [0, 0.05) is 7.05 Å². The van der Waals surface area contributed by atoms with Gasteiger partial charge in [0.2, 0.25) is 0 Å². The van der Waals surface area contributed by atoms with Crippen LogP contribution < -0.4 is 14.8 Å². The van der Waals surface area contributed by atoms with E-state index in [2.05, 4.69) is 10.1 Å². The molecule has 3 amide bonds. The number of likely N-dealkylation sites (N-methyl/N-ethyl adjacent to an activating group) is 1. The van der Waals surface area contributed by atoms with Crippen molar-refractivity contribution in [3.05, 3.63) is 28.4 Å². The van der Waals surface area contributed by atoms with Crippen LogP contribution in [0.5, 0.6) is 11.5 Å². The zero-order valence-electron chi connectivity index (χ0n) is 13.9. The molecule has 0 unspecified atom stereocenters. The highest BCUT2D eigenvalue weighted by Crippen LogP contribution is 2.37. The lowest BCUT2D eigenvalue weighted by atomic mass is 10.1. The fourth-order valence-electron chi connectivity index (χ4n) is 2.05. The zero-order valence-corrected chi connectivity index (χ0v) is 14.7. The maximum atomic E-state index is 11.9. The first kappa shape index (κ1) is 18.6. The van der Waals surface area contributed by atoms with Crippen LogP contribution in [0, 0.1) is 0 Å². The third-order valence-electron chi connectivity index (χ3n) is 3.29. The van der Waals surface area contributed by atoms with Crippen molar-refractivity contribution in [3.8, 4) is 11.5 Å². The van der Waals surface area contributed by atoms with Gasteiger partial charge in [0.1, 0.15) is 5.70 Å². The Morgan fingerprint density at radius 1 is 1.32 bits per heavy atom. The van der Waals surface area contributed by atoms with Crippen molar-refractivity contribution < 1.29 is 28.6 Å². The van der Waals surface area contributed by atoms with E-state index in [0.717, 1.165) is 4.90 Å². The molecule has 134 valence electrons. The number of esters is 1. The summed E-state index contributed by atoms with van der Waals surface area (Å²) in [7, 11) is 2.62. The lowest BCUT2D eigenvalue weighted by Gasteiger charge is -2.14. The molecule has 9 heteroatoms. The number of imide groups is 1. The monoisotopic (exact) mass is 368 g/mol. The maximum absolute atomic E-state index is 11.9. The highest BCUT2D eigenvalue weighted by atomic mass is 35.5. The minimum Gasteiger partial charge on any atom is -0.490 e. The number of carbonyl (C=O) groups is 3. The average Bonchev–Trinajstić information content (AvgIpc) is 2.81. The van der Waals surface area contributed by atoms with Crippen molar-refractivity contribution in [2.75, 3.05) is 27.4 Å². The topological polar surface area (TPSA) is 94.2 Å². The summed E-state index contributed by atoms with van der Waals surface area (Å²) in [6, 6.07) is 2.61. The van der Waals surface area contributed by atoms with E-state index in [-0.39, 0.29) is 23.1 Å². The molecule has 1 saturated heterocycles. The van der Waals surface area contributed by atoms with Crippen LogP contribution in [0.4, 0.5) is 4.79 Å². The molecular weight excluding hydrogens is 352 g/mol. The number of amides is 3. The van der Waals surface area contributed by atoms with Gasteiger partial charge in [0.25, 0.3) is 5.91 Å². The summed E-state index contributed by atoms with van der Waals surface area (Å²) in [5.74, 6) is -0.525. The number of methoxy groups -OCH3 is 1. The summed E-state index contributed by atoms with van der Waals surface area (Å²) in [4.78, 5) is 35.6. The third-order valence-corrected chi connectivity index (χ3v) is 3.57. The van der Waals surface area contributed by atoms with E-state index in [0.29, 0.717) is 17.9 Å². The van der Waals surface area contributed by atoms with Gasteiger partial charge in [-0.3, -0.25) is 9.69 Å². The third kappa shape index (κ3) is 4.21. The van der Waals surface area contributed by atoms with Gasteiger partial charge in [-0.2, -0.15) is 0 Å². The maximum Gasteiger partial charge on any atom is 0.343 e. The molecule has 0 saturated carbocycles. The molecule has 0 aromatic heterocycles. The van der Waals surface area contributed by atoms with Gasteiger partial charge >= 0.3 is 12.0 Å². The number of urea groups is 1. The molecule has 1 aromatic carbocycles. The quantitative estimate of drug-likeness (QED) is 0.467. The summed E-state index contributed by atoms with van der Waals surface area (Å²) in [6.45, 7) is 1.79. The molecule has 8 nitrogen and oxygen atoms in total. The SMILES string of the molecule is CCOc1cc(/C=C2/NC(=O)N(C)C2=O)cc(Cl)c1OCC(=O)OC. The van der Waals surface area contributed by atoms with Crippen molar-refractivity contribution in [1.29, 1.82) is 0 Å². The Morgan fingerprint density at radius 3 is 2.60 bits per heavy atom. The van der Waals surface area contributed by atoms with Crippen LogP contribution >= 0.6 is 11.6 Å². The van der Waals surface area contributed by atoms with Crippen molar-refractivity contribution in [1.82, 2.24) is 10.2 Å². The number of benzene rings is 1. The molecule has 25 heavy (non-hydrogen) atoms. The van der Waals surface area contributed by atoms with E-state index in [1.165, 1.54) is 26.3 Å². The number of carbonyl (C=O) groups excluding carboxylic acids is 3. The van der Waals surface area contributed by atoms with E-state index >= 15 is 0 Å². The lowest BCUT2D eigenvalue weighted by Crippen LogP contribution is -2.25. The highest BCUT2D eigenvalue weighted by molar-refractivity contribution is 6.32. The van der Waals surface area contributed by atoms with Gasteiger partial charge in [-0.05, 0) is 30.7 Å². The van der Waals surface area contributed by atoms with Crippen molar-refractivity contribution in [2.45, 2.75) is 6.92 Å². The fraction of sp³-hybridized carbons (Fsp3) is 0.312. The summed E-state index contributed by atoms with van der Waals surface area (Å²) >= 11 is 6.21. The van der Waals surface area contributed by atoms with Crippen molar-refractivity contribution in [3.63, 3.8) is 0 Å². The number of nitrogens with one attached hydrogen (secondary N) is 1. The van der Waals surface area contributed by atoms with Crippen LogP contribution in [-0.4, -0.2) is 50.2 Å². The van der Waals surface area contributed by atoms with Crippen molar-refractivity contribution in [2.24, 2.45) is 0 Å². The Balaban J connectivity index is 2.34. The first-order chi connectivity index (χ1) is 11.9. The van der Waals surface area contributed by atoms with E-state index in [1.807, 2.05) is 0 Å². The van der Waals surface area contributed by atoms with Gasteiger partial charge in [-0.15, -0.1) is 0 Å². The molecule has 1 fully saturated rings. The predicted molar refractivity (Wildman–Crippen MR) is 89.4 cm³/mol. The number of hydrogen-bond acceptors (Lipinski definition) is 6. The molecule has 0 aliphatic carbocycles. The smallest absolute Gasteiger partial charge is 0.343 e. The fourth-order valence-corrected chi connectivity index (χ4v) is 2.33. The van der Waals surface area contributed by atoms with E-state index < -0.39 is 17.9 Å². The van der Waals surface area contributed by atoms with Crippen LogP contribution in [-0.2, 0) is 14.3 Å². The van der Waals surface area contributed by atoms with Crippen LogP contribution in [0.15, 0.2) is 17.8 Å². The van der Waals surface area contributed by atoms with Gasteiger partial charge in [0.15, 0.2) is 18.1 Å². The Kier molecular flexibility index (Phi) is 5.87. The average molecular weight is 369 g/mol. The first-order valence-corrected chi connectivity index (χ1v) is 7.71. The highest BCUT2D eigenvalue weighted by Gasteiger charge is 2.30. The van der Waals surface area contributed by atoms with Crippen LogP contribution in [0.1, 0.15) is 12.5 Å². The zero-order chi connectivity index (χ0) is 18.6. The van der Waals surface area contributed by atoms with Gasteiger partial charge < -0.3 is 19.5 Å². The van der Waals surface area contributed by atoms with Crippen molar-refractivity contribution >= 4 is 35.6 Å². The molecule has 1 N–H and O–H groups in total.